The summed E-state index contributed by atoms with van der Waals surface area (Å²) in [6.45, 7) is 8.93. The first-order chi connectivity index (χ1) is 13.8. The second kappa shape index (κ2) is 20.4. The predicted molar refractivity (Wildman–Crippen MR) is 110 cm³/mol. The summed E-state index contributed by atoms with van der Waals surface area (Å²) in [7, 11) is 0. The molecule has 180 valence electrons. The molecule has 0 saturated heterocycles. The van der Waals surface area contributed by atoms with E-state index in [4.69, 9.17) is 46.0 Å². The van der Waals surface area contributed by atoms with Crippen LogP contribution < -0.4 is 0 Å². The van der Waals surface area contributed by atoms with Crippen LogP contribution in [-0.2, 0) is 9.59 Å². The van der Waals surface area contributed by atoms with Crippen LogP contribution in [0.4, 0.5) is 0 Å². The summed E-state index contributed by atoms with van der Waals surface area (Å²) in [5.74, 6) is -1.87. The van der Waals surface area contributed by atoms with Gasteiger partial charge in [0.15, 0.2) is 0 Å². The first kappa shape index (κ1) is 35.6. The first-order valence-corrected chi connectivity index (χ1v) is 8.81. The van der Waals surface area contributed by atoms with Crippen LogP contribution in [0.3, 0.4) is 0 Å². The summed E-state index contributed by atoms with van der Waals surface area (Å²) in [4.78, 5) is 19.2. The Balaban J connectivity index is -0.000000153. The Morgan fingerprint density at radius 3 is 0.767 bits per heavy atom. The molecule has 0 unspecified atom stereocenters. The van der Waals surface area contributed by atoms with Crippen LogP contribution in [0.1, 0.15) is 27.2 Å². The van der Waals surface area contributed by atoms with Crippen LogP contribution in [0.2, 0.25) is 0 Å². The molecular formula is C19H38O11. The molecule has 0 aliphatic heterocycles. The SMILES string of the molecule is C=C(C)C(=O)O.C=C(C)C(=O)O.CCC(CO)(CO)CO.OCC(CO)(CO)CO. The molecule has 0 spiro atoms. The third-order valence-electron chi connectivity index (χ3n) is 3.83. The van der Waals surface area contributed by atoms with E-state index in [0.717, 1.165) is 0 Å². The highest BCUT2D eigenvalue weighted by Gasteiger charge is 2.26. The van der Waals surface area contributed by atoms with Gasteiger partial charge in [0, 0.05) is 16.6 Å². The Bertz CT molecular complexity index is 378. The van der Waals surface area contributed by atoms with Gasteiger partial charge >= 0.3 is 11.9 Å². The van der Waals surface area contributed by atoms with Gasteiger partial charge in [0.2, 0.25) is 0 Å². The highest BCUT2D eigenvalue weighted by atomic mass is 16.4. The van der Waals surface area contributed by atoms with Crippen molar-refractivity contribution in [2.45, 2.75) is 27.2 Å². The van der Waals surface area contributed by atoms with Gasteiger partial charge in [-0.1, -0.05) is 20.1 Å². The molecule has 0 aromatic carbocycles. The first-order valence-electron chi connectivity index (χ1n) is 8.81. The number of carboxylic acids is 2. The topological polar surface area (TPSA) is 216 Å². The minimum atomic E-state index is -1.11. The van der Waals surface area contributed by atoms with Gasteiger partial charge in [-0.05, 0) is 20.3 Å². The summed E-state index contributed by atoms with van der Waals surface area (Å²) in [6, 6.07) is 0. The van der Waals surface area contributed by atoms with Gasteiger partial charge in [0.1, 0.15) is 0 Å². The fraction of sp³-hybridized carbons (Fsp3) is 0.684. The van der Waals surface area contributed by atoms with Gasteiger partial charge in [0.05, 0.1) is 51.7 Å². The largest absolute Gasteiger partial charge is 0.478 e. The van der Waals surface area contributed by atoms with Crippen molar-refractivity contribution in [3.8, 4) is 0 Å². The van der Waals surface area contributed by atoms with Crippen molar-refractivity contribution >= 4 is 11.9 Å². The zero-order valence-electron chi connectivity index (χ0n) is 17.9. The van der Waals surface area contributed by atoms with E-state index in [2.05, 4.69) is 13.2 Å². The van der Waals surface area contributed by atoms with Crippen LogP contribution >= 0.6 is 0 Å². The smallest absolute Gasteiger partial charge is 0.330 e. The quantitative estimate of drug-likeness (QED) is 0.179. The van der Waals surface area contributed by atoms with Crippen molar-refractivity contribution in [2.24, 2.45) is 10.8 Å². The molecule has 0 rings (SSSR count). The number of carbonyl (C=O) groups is 2. The highest BCUT2D eigenvalue weighted by Crippen LogP contribution is 2.18. The maximum atomic E-state index is 9.60. The van der Waals surface area contributed by atoms with Crippen molar-refractivity contribution in [1.29, 1.82) is 0 Å². The molecule has 0 atom stereocenters. The van der Waals surface area contributed by atoms with Crippen molar-refractivity contribution in [3.63, 3.8) is 0 Å². The van der Waals surface area contributed by atoms with E-state index >= 15 is 0 Å². The Morgan fingerprint density at radius 2 is 0.767 bits per heavy atom. The number of aliphatic carboxylic acids is 2. The number of carboxylic acid groups (broad SMARTS) is 2. The van der Waals surface area contributed by atoms with Gasteiger partial charge in [-0.15, -0.1) is 0 Å². The molecule has 9 N–H and O–H groups in total. The van der Waals surface area contributed by atoms with Gasteiger partial charge in [-0.25, -0.2) is 9.59 Å². The molecule has 11 nitrogen and oxygen atoms in total. The minimum Gasteiger partial charge on any atom is -0.478 e. The van der Waals surface area contributed by atoms with Crippen LogP contribution in [0.15, 0.2) is 24.3 Å². The average Bonchev–Trinajstić information content (AvgIpc) is 2.73. The van der Waals surface area contributed by atoms with Crippen LogP contribution in [0.25, 0.3) is 0 Å². The number of aliphatic hydroxyl groups is 7. The normalized spacial score (nSPS) is 10.2. The molecule has 0 aromatic rings. The van der Waals surface area contributed by atoms with E-state index < -0.39 is 49.2 Å². The lowest BCUT2D eigenvalue weighted by atomic mass is 9.88. The Labute approximate surface area is 176 Å². The van der Waals surface area contributed by atoms with Crippen LogP contribution in [0.5, 0.6) is 0 Å². The summed E-state index contributed by atoms with van der Waals surface area (Å²) in [5, 5.41) is 75.7. The number of hydrogen-bond donors (Lipinski definition) is 9. The summed E-state index contributed by atoms with van der Waals surface area (Å²) < 4.78 is 0. The third-order valence-corrected chi connectivity index (χ3v) is 3.83. The van der Waals surface area contributed by atoms with Crippen molar-refractivity contribution in [3.05, 3.63) is 24.3 Å². The van der Waals surface area contributed by atoms with Crippen molar-refractivity contribution in [1.82, 2.24) is 0 Å². The molecule has 30 heavy (non-hydrogen) atoms. The van der Waals surface area contributed by atoms with Crippen molar-refractivity contribution in [2.75, 3.05) is 46.2 Å². The molecule has 0 aromatic heterocycles. The van der Waals surface area contributed by atoms with Gasteiger partial charge < -0.3 is 46.0 Å². The summed E-state index contributed by atoms with van der Waals surface area (Å²) in [6.07, 6.45) is 0.594. The fourth-order valence-corrected chi connectivity index (χ4v) is 0.785. The van der Waals surface area contributed by atoms with E-state index in [0.29, 0.717) is 6.42 Å². The van der Waals surface area contributed by atoms with E-state index in [1.165, 1.54) is 13.8 Å². The molecule has 0 amide bonds. The second-order valence-corrected chi connectivity index (χ2v) is 6.63. The van der Waals surface area contributed by atoms with Gasteiger partial charge in [-0.2, -0.15) is 0 Å². The molecule has 0 bridgehead atoms. The lowest BCUT2D eigenvalue weighted by molar-refractivity contribution is -0.133. The van der Waals surface area contributed by atoms with Crippen molar-refractivity contribution < 1.29 is 55.5 Å². The molecule has 0 fully saturated rings. The van der Waals surface area contributed by atoms with E-state index in [1.807, 2.05) is 6.92 Å². The zero-order chi connectivity index (χ0) is 25.0. The molecular weight excluding hydrogens is 404 g/mol. The molecule has 0 aliphatic carbocycles. The monoisotopic (exact) mass is 442 g/mol. The standard InChI is InChI=1S/C6H14O3.C5H12O4.2C4H6O2/c1-2-6(3-7,4-8)5-9;6-1-5(2-7,3-8)4-9;2*1-3(2)4(5)6/h7-9H,2-5H2,1H3;6-9H,1-4H2;2*1H2,2H3,(H,5,6). The van der Waals surface area contributed by atoms with E-state index in [1.54, 1.807) is 0 Å². The van der Waals surface area contributed by atoms with Gasteiger partial charge in [-0.3, -0.25) is 0 Å². The van der Waals surface area contributed by atoms with Crippen LogP contribution in [0, 0.1) is 10.8 Å². The van der Waals surface area contributed by atoms with E-state index in [-0.39, 0.29) is 31.0 Å². The minimum absolute atomic E-state index is 0.156. The Kier molecular flexibility index (Phi) is 24.2. The molecule has 0 aliphatic rings. The molecule has 11 heteroatoms. The second-order valence-electron chi connectivity index (χ2n) is 6.63. The summed E-state index contributed by atoms with van der Waals surface area (Å²) >= 11 is 0. The lowest BCUT2D eigenvalue weighted by Crippen LogP contribution is -2.37. The highest BCUT2D eigenvalue weighted by molar-refractivity contribution is 5.85. The Hall–Kier alpha value is -1.86. The molecule has 0 saturated carbocycles. The average molecular weight is 443 g/mol. The number of hydrogen-bond acceptors (Lipinski definition) is 9. The fourth-order valence-electron chi connectivity index (χ4n) is 0.785. The van der Waals surface area contributed by atoms with E-state index in [9.17, 15) is 9.59 Å². The maximum Gasteiger partial charge on any atom is 0.330 e. The number of rotatable bonds is 10. The lowest BCUT2D eigenvalue weighted by Gasteiger charge is -2.24. The summed E-state index contributed by atoms with van der Waals surface area (Å²) in [5.41, 5.74) is -1.43. The zero-order valence-corrected chi connectivity index (χ0v) is 17.9. The van der Waals surface area contributed by atoms with Crippen LogP contribution in [-0.4, -0.2) is 104 Å². The van der Waals surface area contributed by atoms with Gasteiger partial charge in [0.25, 0.3) is 0 Å². The molecule has 0 radical (unpaired) electrons. The third kappa shape index (κ3) is 18.2. The molecule has 0 heterocycles. The predicted octanol–water partition coefficient (Wildman–Crippen LogP) is -1.40. The maximum absolute atomic E-state index is 9.60. The Morgan fingerprint density at radius 1 is 0.600 bits per heavy atom. The number of aliphatic hydroxyl groups excluding tert-OH is 7.